The van der Waals surface area contributed by atoms with E-state index in [1.165, 1.54) is 6.26 Å². The van der Waals surface area contributed by atoms with Crippen LogP contribution < -0.4 is 15.4 Å². The first-order valence-corrected chi connectivity index (χ1v) is 9.45. The summed E-state index contributed by atoms with van der Waals surface area (Å²) in [5, 5.41) is 6.19. The second kappa shape index (κ2) is 10.8. The lowest BCUT2D eigenvalue weighted by atomic mass is 10.3. The lowest BCUT2D eigenvalue weighted by Crippen LogP contribution is -2.40. The summed E-state index contributed by atoms with van der Waals surface area (Å²) in [6, 6.07) is 9.59. The number of para-hydroxylation sites is 1. The zero-order valence-electron chi connectivity index (χ0n) is 13.6. The van der Waals surface area contributed by atoms with E-state index >= 15 is 0 Å². The molecule has 0 heterocycles. The van der Waals surface area contributed by atoms with Gasteiger partial charge in [0.15, 0.2) is 5.96 Å². The Bertz CT molecular complexity index is 561. The van der Waals surface area contributed by atoms with Crippen molar-refractivity contribution >= 4 is 15.8 Å². The number of rotatable bonds is 10. The van der Waals surface area contributed by atoms with E-state index in [0.717, 1.165) is 5.75 Å². The maximum absolute atomic E-state index is 10.9. The molecule has 0 saturated carbocycles. The van der Waals surface area contributed by atoms with Crippen molar-refractivity contribution in [2.45, 2.75) is 0 Å². The maximum Gasteiger partial charge on any atom is 0.191 e. The molecule has 1 aromatic carbocycles. The van der Waals surface area contributed by atoms with Gasteiger partial charge >= 0.3 is 0 Å². The molecule has 0 radical (unpaired) electrons. The highest BCUT2D eigenvalue weighted by Gasteiger charge is 2.01. The third-order valence-corrected chi connectivity index (χ3v) is 3.68. The van der Waals surface area contributed by atoms with E-state index in [4.69, 9.17) is 9.47 Å². The van der Waals surface area contributed by atoms with E-state index in [1.54, 1.807) is 7.05 Å². The molecule has 1 rings (SSSR count). The maximum atomic E-state index is 10.9. The van der Waals surface area contributed by atoms with Crippen LogP contribution in [0.3, 0.4) is 0 Å². The van der Waals surface area contributed by atoms with Crippen LogP contribution >= 0.6 is 0 Å². The fourth-order valence-corrected chi connectivity index (χ4v) is 2.05. The van der Waals surface area contributed by atoms with Crippen molar-refractivity contribution < 1.29 is 17.9 Å². The first-order chi connectivity index (χ1) is 11.0. The summed E-state index contributed by atoms with van der Waals surface area (Å²) in [7, 11) is -1.29. The monoisotopic (exact) mass is 343 g/mol. The Labute approximate surface area is 138 Å². The molecule has 0 unspecified atom stereocenters. The topological polar surface area (TPSA) is 89.0 Å². The summed E-state index contributed by atoms with van der Waals surface area (Å²) < 4.78 is 32.7. The normalized spacial score (nSPS) is 12.0. The minimum absolute atomic E-state index is 0.0385. The van der Waals surface area contributed by atoms with Crippen LogP contribution in [0.2, 0.25) is 0 Å². The Morgan fingerprint density at radius 1 is 1.09 bits per heavy atom. The van der Waals surface area contributed by atoms with E-state index < -0.39 is 9.84 Å². The number of sulfone groups is 1. The second-order valence-electron chi connectivity index (χ2n) is 4.83. The lowest BCUT2D eigenvalue weighted by Gasteiger charge is -2.12. The highest BCUT2D eigenvalue weighted by molar-refractivity contribution is 7.90. The van der Waals surface area contributed by atoms with Gasteiger partial charge in [0.2, 0.25) is 0 Å². The zero-order chi connectivity index (χ0) is 17.0. The molecular formula is C15H25N3O4S. The Balaban J connectivity index is 2.06. The van der Waals surface area contributed by atoms with Gasteiger partial charge in [0.1, 0.15) is 22.2 Å². The quantitative estimate of drug-likeness (QED) is 0.361. The highest BCUT2D eigenvalue weighted by Crippen LogP contribution is 2.07. The van der Waals surface area contributed by atoms with Crippen LogP contribution in [0, 0.1) is 0 Å². The molecule has 130 valence electrons. The fraction of sp³-hybridized carbons (Fsp3) is 0.533. The van der Waals surface area contributed by atoms with Crippen LogP contribution in [0.25, 0.3) is 0 Å². The van der Waals surface area contributed by atoms with Crippen LogP contribution in [0.5, 0.6) is 5.75 Å². The van der Waals surface area contributed by atoms with Gasteiger partial charge in [-0.3, -0.25) is 4.99 Å². The van der Waals surface area contributed by atoms with Gasteiger partial charge in [0.05, 0.1) is 25.5 Å². The number of hydrogen-bond acceptors (Lipinski definition) is 5. The van der Waals surface area contributed by atoms with Crippen molar-refractivity contribution in [1.82, 2.24) is 10.6 Å². The van der Waals surface area contributed by atoms with Gasteiger partial charge < -0.3 is 20.1 Å². The minimum atomic E-state index is -2.97. The molecule has 23 heavy (non-hydrogen) atoms. The summed E-state index contributed by atoms with van der Waals surface area (Å²) in [5.74, 6) is 1.52. The van der Waals surface area contributed by atoms with Crippen molar-refractivity contribution in [2.24, 2.45) is 4.99 Å². The van der Waals surface area contributed by atoms with E-state index in [2.05, 4.69) is 15.6 Å². The molecule has 8 heteroatoms. The number of aliphatic imine (C=N–C) groups is 1. The lowest BCUT2D eigenvalue weighted by molar-refractivity contribution is 0.154. The van der Waals surface area contributed by atoms with Gasteiger partial charge in [-0.15, -0.1) is 0 Å². The van der Waals surface area contributed by atoms with Crippen LogP contribution in [0.4, 0.5) is 0 Å². The van der Waals surface area contributed by atoms with Gasteiger partial charge in [0, 0.05) is 19.8 Å². The average Bonchev–Trinajstić information content (AvgIpc) is 2.52. The summed E-state index contributed by atoms with van der Waals surface area (Å²) in [4.78, 5) is 4.08. The largest absolute Gasteiger partial charge is 0.492 e. The fourth-order valence-electron chi connectivity index (χ4n) is 1.63. The molecule has 0 fully saturated rings. The number of ether oxygens (including phenoxy) is 2. The molecule has 0 amide bonds. The summed E-state index contributed by atoms with van der Waals surface area (Å²) >= 11 is 0. The zero-order valence-corrected chi connectivity index (χ0v) is 14.4. The van der Waals surface area contributed by atoms with E-state index in [-0.39, 0.29) is 12.4 Å². The van der Waals surface area contributed by atoms with E-state index in [0.29, 0.717) is 32.3 Å². The molecule has 7 nitrogen and oxygen atoms in total. The molecule has 0 bridgehead atoms. The van der Waals surface area contributed by atoms with Crippen molar-refractivity contribution in [1.29, 1.82) is 0 Å². The molecule has 0 aliphatic rings. The number of hydrogen-bond donors (Lipinski definition) is 2. The standard InChI is InChI=1S/C15H25N3O4S/c1-16-15(17-8-10-21-12-13-23(2,19)20)18-9-11-22-14-6-4-3-5-7-14/h3-7H,8-13H2,1-2H3,(H2,16,17,18). The van der Waals surface area contributed by atoms with E-state index in [1.807, 2.05) is 30.3 Å². The van der Waals surface area contributed by atoms with Crippen LogP contribution in [0.1, 0.15) is 0 Å². The number of nitrogens with one attached hydrogen (secondary N) is 2. The number of benzene rings is 1. The second-order valence-corrected chi connectivity index (χ2v) is 7.09. The Morgan fingerprint density at radius 3 is 2.35 bits per heavy atom. The number of nitrogens with zero attached hydrogens (tertiary/aromatic N) is 1. The van der Waals surface area contributed by atoms with Crippen molar-refractivity contribution in [3.8, 4) is 5.75 Å². The first kappa shape index (κ1) is 19.2. The minimum Gasteiger partial charge on any atom is -0.492 e. The van der Waals surface area contributed by atoms with Gasteiger partial charge in [-0.2, -0.15) is 0 Å². The molecule has 0 aliphatic carbocycles. The van der Waals surface area contributed by atoms with Crippen molar-refractivity contribution in [2.75, 3.05) is 52.0 Å². The predicted octanol–water partition coefficient (Wildman–Crippen LogP) is 0.292. The first-order valence-electron chi connectivity index (χ1n) is 7.39. The molecule has 1 aromatic rings. The predicted molar refractivity (Wildman–Crippen MR) is 91.8 cm³/mol. The number of guanidine groups is 1. The molecule has 2 N–H and O–H groups in total. The van der Waals surface area contributed by atoms with Gasteiger partial charge in [-0.25, -0.2) is 8.42 Å². The smallest absolute Gasteiger partial charge is 0.191 e. The van der Waals surface area contributed by atoms with Crippen LogP contribution in [-0.4, -0.2) is 66.3 Å². The van der Waals surface area contributed by atoms with Crippen molar-refractivity contribution in [3.63, 3.8) is 0 Å². The Morgan fingerprint density at radius 2 is 1.74 bits per heavy atom. The molecule has 0 saturated heterocycles. The van der Waals surface area contributed by atoms with Gasteiger partial charge in [-0.1, -0.05) is 18.2 Å². The molecule has 0 aliphatic heterocycles. The van der Waals surface area contributed by atoms with Crippen LogP contribution in [0.15, 0.2) is 35.3 Å². The molecule has 0 aromatic heterocycles. The Kier molecular flexibility index (Phi) is 9.08. The summed E-state index contributed by atoms with van der Waals surface area (Å²) in [6.07, 6.45) is 1.19. The average molecular weight is 343 g/mol. The van der Waals surface area contributed by atoms with Gasteiger partial charge in [0.25, 0.3) is 0 Å². The molecule has 0 spiro atoms. The van der Waals surface area contributed by atoms with Crippen molar-refractivity contribution in [3.05, 3.63) is 30.3 Å². The third kappa shape index (κ3) is 10.5. The van der Waals surface area contributed by atoms with Crippen LogP contribution in [-0.2, 0) is 14.6 Å². The summed E-state index contributed by atoms with van der Waals surface area (Å²) in [5.41, 5.74) is 0. The summed E-state index contributed by atoms with van der Waals surface area (Å²) in [6.45, 7) is 2.30. The van der Waals surface area contributed by atoms with E-state index in [9.17, 15) is 8.42 Å². The highest BCUT2D eigenvalue weighted by atomic mass is 32.2. The molecule has 0 atom stereocenters. The Hall–Kier alpha value is -1.80. The third-order valence-electron chi connectivity index (χ3n) is 2.77. The van der Waals surface area contributed by atoms with Gasteiger partial charge in [-0.05, 0) is 12.1 Å². The molecular weight excluding hydrogens is 318 g/mol. The SMILES string of the molecule is CN=C(NCCOCCS(C)(=O)=O)NCCOc1ccccc1.